The molecule has 0 bridgehead atoms. The Hall–Kier alpha value is -18.2. The minimum atomic E-state index is -2.97. The fraction of sp³-hybridized carbons (Fsp3) is 0.181. The molecule has 10 unspecified atom stereocenters. The van der Waals surface area contributed by atoms with Crippen molar-refractivity contribution in [2.45, 2.75) is 75.4 Å². The van der Waals surface area contributed by atoms with E-state index < -0.39 is 402 Å². The minimum Gasteiger partial charge on any atom is -0.504 e. The summed E-state index contributed by atoms with van der Waals surface area (Å²) in [5.74, 6) is -63.9. The lowest BCUT2D eigenvalue weighted by molar-refractivity contribution is -0.276. The normalized spacial score (nSPS) is 19.8. The topological polar surface area (TPSA) is 823 Å². The van der Waals surface area contributed by atoms with Gasteiger partial charge in [-0.3, -0.25) is 9.59 Å². The summed E-state index contributed by atoms with van der Waals surface area (Å²) in [7, 11) is 0. The summed E-state index contributed by atoms with van der Waals surface area (Å²) in [5, 5.41) is 309. The van der Waals surface area contributed by atoms with Crippen molar-refractivity contribution in [2.24, 2.45) is 11.8 Å². The van der Waals surface area contributed by atoms with E-state index in [1.54, 1.807) is 0 Å². The number of phenols is 28. The van der Waals surface area contributed by atoms with Crippen LogP contribution in [0.15, 0.2) is 78.9 Å². The van der Waals surface area contributed by atoms with Gasteiger partial charge in [0.15, 0.2) is 144 Å². The van der Waals surface area contributed by atoms with E-state index in [1.807, 2.05) is 0 Å². The molecule has 49 nitrogen and oxygen atoms in total. The van der Waals surface area contributed by atoms with Crippen molar-refractivity contribution in [3.05, 3.63) is 123 Å². The second kappa shape index (κ2) is 33.0. The van der Waals surface area contributed by atoms with Crippen molar-refractivity contribution in [2.75, 3.05) is 6.61 Å². The van der Waals surface area contributed by atoms with Crippen molar-refractivity contribution in [1.29, 1.82) is 0 Å². The fourth-order valence-electron chi connectivity index (χ4n) is 15.2. The lowest BCUT2D eigenvalue weighted by atomic mass is 9.80. The zero-order valence-electron chi connectivity index (χ0n) is 65.7. The number of rotatable bonds is 10. The molecule has 5 aliphatic heterocycles. The van der Waals surface area contributed by atoms with E-state index in [0.29, 0.717) is 72.8 Å². The monoisotopic (exact) mass is 1840 g/mol. The van der Waals surface area contributed by atoms with E-state index in [2.05, 4.69) is 0 Å². The Kier molecular flexibility index (Phi) is 22.2. The van der Waals surface area contributed by atoms with Gasteiger partial charge in [-0.15, -0.1) is 0 Å². The van der Waals surface area contributed by atoms with Gasteiger partial charge in [0, 0.05) is 64.4 Å². The molecular formula is C83H62O49. The van der Waals surface area contributed by atoms with Gasteiger partial charge in [0.2, 0.25) is 70.8 Å². The molecule has 2 saturated heterocycles. The minimum absolute atomic E-state index is 0.209. The lowest BCUT2D eigenvalue weighted by Crippen LogP contribution is -2.61. The zero-order valence-corrected chi connectivity index (χ0v) is 65.7. The van der Waals surface area contributed by atoms with Gasteiger partial charge in [0.1, 0.15) is 23.0 Å². The summed E-state index contributed by atoms with van der Waals surface area (Å²) >= 11 is 0. The van der Waals surface area contributed by atoms with Crippen LogP contribution in [-0.2, 0) is 58.8 Å². The molecule has 0 radical (unpaired) electrons. The van der Waals surface area contributed by atoms with Gasteiger partial charge in [-0.05, 0) is 73.5 Å². The van der Waals surface area contributed by atoms with E-state index in [1.165, 1.54) is 0 Å². The number of hydrogen-bond acceptors (Lipinski definition) is 49. The van der Waals surface area contributed by atoms with Crippen molar-refractivity contribution in [3.8, 4) is 223 Å². The van der Waals surface area contributed by atoms with Gasteiger partial charge in [-0.2, -0.15) is 4.89 Å². The maximum Gasteiger partial charge on any atom is 0.344 e. The number of fused-ring (bicyclic) bond motifs is 13. The smallest absolute Gasteiger partial charge is 0.344 e. The highest BCUT2D eigenvalue weighted by Crippen LogP contribution is 2.61. The third-order valence-electron chi connectivity index (χ3n) is 21.5. The van der Waals surface area contributed by atoms with Crippen molar-refractivity contribution < 1.29 is 243 Å². The van der Waals surface area contributed by atoms with Crippen LogP contribution >= 0.6 is 0 Å². The lowest BCUT2D eigenvalue weighted by Gasteiger charge is -2.45. The maximum atomic E-state index is 15.4. The number of carbonyl (C=O) groups is 8. The van der Waals surface area contributed by atoms with Crippen LogP contribution in [0.25, 0.3) is 33.4 Å². The highest BCUT2D eigenvalue weighted by atomic mass is 17.2. The Morgan fingerprint density at radius 3 is 1.30 bits per heavy atom. The number of aromatic hydroxyl groups is 28. The summed E-state index contributed by atoms with van der Waals surface area (Å²) in [6.45, 7) is 0.176. The third kappa shape index (κ3) is 15.2. The molecular weight excluding hydrogens is 1780 g/mol. The van der Waals surface area contributed by atoms with Crippen LogP contribution in [0.5, 0.6) is 190 Å². The molecule has 0 aliphatic carbocycles. The number of esters is 8. The van der Waals surface area contributed by atoms with Crippen LogP contribution < -0.4 is 19.1 Å². The first-order chi connectivity index (χ1) is 62.2. The number of carbonyl (C=O) groups excluding carboxylic acids is 8. The second-order valence-corrected chi connectivity index (χ2v) is 29.5. The predicted molar refractivity (Wildman–Crippen MR) is 416 cm³/mol. The molecule has 49 heteroatoms. The summed E-state index contributed by atoms with van der Waals surface area (Å²) < 4.78 is 64.6. The summed E-state index contributed by atoms with van der Waals surface area (Å²) in [6, 6.07) is 5.52. The molecule has 28 N–H and O–H groups in total. The van der Waals surface area contributed by atoms with Crippen LogP contribution in [-0.4, -0.2) is 247 Å². The van der Waals surface area contributed by atoms with E-state index in [0.717, 1.165) is 6.92 Å². The fourth-order valence-corrected chi connectivity index (χ4v) is 15.2. The van der Waals surface area contributed by atoms with Crippen molar-refractivity contribution >= 4 is 47.8 Å². The average Bonchev–Trinajstić information content (AvgIpc) is 1.57. The SMILES string of the molecule is Cc1c(O)c(O)cc2c1-c1c(cc(O)c(O)c1O)OC(=O)C1C(CC(=O)O2)OC(OC(=O)c2cc(O)c(O)c(Oc3c(C(=O)OC4OC5CCOOc6cc(O)c(O)c(O)c6-c6c(cc(O)c(O)c6O)CC5C5OC(=O)c6cc(O)c(O)c(O)c6-c6c(cc(O)c(O)c6O)C(=O)OC45)cc(O)c(O)c3O)c2)C(OC(=O)c2cc(O)c(O)c(O)c2)C1OC(=O)c1cc(O)c(O)c(O)c1. The Balaban J connectivity index is 0.837. The average molecular weight is 1840 g/mol. The van der Waals surface area contributed by atoms with Gasteiger partial charge in [0.25, 0.3) is 0 Å². The standard InChI is InChI=1S/C83H62O49/c1-19-47-41(15-37(93)54(19)97)121-46(96)18-43-53(81(119)123-42-16-38(94)61(104)67(110)51(42)47)72(127-75(113)21-6-28(84)55(98)29(85)7-21)74(128-76(114)22-8-30(86)56(99)31(87)9-22)83(125-43)130-77(115)23-10-32(88)57(100)45(11-23)122-70-27(14-36(92)63(106)69(70)112)80(118)131-82-73-71(126-78(116)25-12-34(90)59(102)65(108)49(25)50-26(79(117)129-73)13-35(91)60(103)66(50)109)24-4-20-5-33(89)58(101)64(107)48(20)52-44(17-39(95)62(105)68(52)111)132-120-3-2-40(24)124-82/h5-17,24,40,43,53,71-74,82-95,97-112H,2-4,18H2,1H3. The third-order valence-corrected chi connectivity index (χ3v) is 21.5. The Morgan fingerprint density at radius 1 is 0.348 bits per heavy atom. The summed E-state index contributed by atoms with van der Waals surface area (Å²) in [6.07, 6.45) is -24.3. The van der Waals surface area contributed by atoms with Gasteiger partial charge >= 0.3 is 47.8 Å². The number of ether oxygens (including phenoxy) is 11. The molecule has 15 rings (SSSR count). The highest BCUT2D eigenvalue weighted by Gasteiger charge is 2.59. The number of hydrogen-bond donors (Lipinski definition) is 28. The Morgan fingerprint density at radius 2 is 0.758 bits per heavy atom. The zero-order chi connectivity index (χ0) is 95.7. The van der Waals surface area contributed by atoms with E-state index in [9.17, 15) is 157 Å². The molecule has 10 atom stereocenters. The predicted octanol–water partition coefficient (Wildman–Crippen LogP) is 5.63. The van der Waals surface area contributed by atoms with Crippen molar-refractivity contribution in [3.63, 3.8) is 0 Å². The molecule has 0 spiro atoms. The Bertz CT molecular complexity index is 6620. The van der Waals surface area contributed by atoms with Crippen LogP contribution in [0.2, 0.25) is 0 Å². The van der Waals surface area contributed by atoms with Gasteiger partial charge in [-0.1, -0.05) is 0 Å². The first kappa shape index (κ1) is 88.7. The van der Waals surface area contributed by atoms with Crippen LogP contribution in [0, 0.1) is 18.8 Å². The van der Waals surface area contributed by atoms with Crippen LogP contribution in [0.1, 0.15) is 86.1 Å². The van der Waals surface area contributed by atoms with Gasteiger partial charge < -0.3 is 200 Å². The summed E-state index contributed by atoms with van der Waals surface area (Å²) in [4.78, 5) is 131. The second-order valence-electron chi connectivity index (χ2n) is 29.5. The molecule has 5 aliphatic rings. The largest absolute Gasteiger partial charge is 0.504 e. The number of benzene rings is 10. The van der Waals surface area contributed by atoms with E-state index in [4.69, 9.17) is 61.9 Å². The van der Waals surface area contributed by atoms with E-state index >= 15 is 24.0 Å². The molecule has 132 heavy (non-hydrogen) atoms. The summed E-state index contributed by atoms with van der Waals surface area (Å²) in [5.41, 5.74) is -13.8. The molecule has 0 saturated carbocycles. The molecule has 0 amide bonds. The van der Waals surface area contributed by atoms with Crippen molar-refractivity contribution in [1.82, 2.24) is 0 Å². The Labute approximate surface area is 728 Å². The van der Waals surface area contributed by atoms with Gasteiger partial charge in [0.05, 0.1) is 64.2 Å². The maximum absolute atomic E-state index is 15.4. The first-order valence-electron chi connectivity index (χ1n) is 37.5. The quantitative estimate of drug-likeness (QED) is 0.0259. The molecule has 688 valence electrons. The van der Waals surface area contributed by atoms with Gasteiger partial charge in [-0.25, -0.2) is 28.8 Å². The molecule has 10 aromatic carbocycles. The molecule has 2 fully saturated rings. The molecule has 10 aromatic rings. The van der Waals surface area contributed by atoms with Crippen LogP contribution in [0.3, 0.4) is 0 Å². The van der Waals surface area contributed by atoms with Crippen LogP contribution in [0.4, 0.5) is 0 Å². The number of phenolic OH excluding ortho intramolecular Hbond substituents is 28. The first-order valence-corrected chi connectivity index (χ1v) is 37.5. The van der Waals surface area contributed by atoms with E-state index in [-0.39, 0.29) is 6.07 Å². The highest BCUT2D eigenvalue weighted by molar-refractivity contribution is 6.09. The molecule has 5 heterocycles. The molecule has 0 aromatic heterocycles.